The molecule has 8 nitrogen and oxygen atoms in total. The number of carbonyl (C=O) groups is 1. The van der Waals surface area contributed by atoms with E-state index in [9.17, 15) is 9.59 Å². The van der Waals surface area contributed by atoms with Gasteiger partial charge in [0.15, 0.2) is 16.3 Å². The fourth-order valence-electron chi connectivity index (χ4n) is 5.37. The normalized spacial score (nSPS) is 14.8. The molecule has 0 spiro atoms. The number of nitrogens with zero attached hydrogens (tertiary/aromatic N) is 3. The van der Waals surface area contributed by atoms with Crippen LogP contribution < -0.4 is 24.4 Å². The molecule has 12 heteroatoms. The molecule has 230 valence electrons. The van der Waals surface area contributed by atoms with Crippen molar-refractivity contribution in [2.45, 2.75) is 40.7 Å². The van der Waals surface area contributed by atoms with Gasteiger partial charge in [-0.3, -0.25) is 9.36 Å². The van der Waals surface area contributed by atoms with Gasteiger partial charge in [-0.1, -0.05) is 50.5 Å². The molecular weight excluding hydrogens is 689 g/mol. The minimum atomic E-state index is -0.824. The highest BCUT2D eigenvalue weighted by Gasteiger charge is 2.35. The average molecular weight is 719 g/mol. The Morgan fingerprint density at radius 1 is 1.07 bits per heavy atom. The largest absolute Gasteiger partial charge is 0.493 e. The van der Waals surface area contributed by atoms with Crippen LogP contribution in [-0.4, -0.2) is 35.4 Å². The first-order chi connectivity index (χ1) is 21.0. The molecule has 0 saturated heterocycles. The van der Waals surface area contributed by atoms with Gasteiger partial charge < -0.3 is 18.8 Å². The first-order valence-corrected chi connectivity index (χ1v) is 16.2. The molecule has 0 fully saturated rings. The second-order valence-electron chi connectivity index (χ2n) is 10.0. The summed E-state index contributed by atoms with van der Waals surface area (Å²) in [5.41, 5.74) is 4.70. The number of esters is 1. The summed E-state index contributed by atoms with van der Waals surface area (Å²) in [6, 6.07) is 10.2. The number of allylic oxidation sites excluding steroid dienone is 1. The molecule has 0 N–H and O–H groups in total. The number of ether oxygens (including phenoxy) is 3. The van der Waals surface area contributed by atoms with Gasteiger partial charge in [0, 0.05) is 21.5 Å². The number of aromatic nitrogens is 2. The lowest BCUT2D eigenvalue weighted by atomic mass is 9.95. The topological polar surface area (TPSA) is 84.1 Å². The summed E-state index contributed by atoms with van der Waals surface area (Å²) in [6.45, 7) is 9.95. The Hall–Kier alpha value is -3.31. The molecule has 0 saturated carbocycles. The van der Waals surface area contributed by atoms with Crippen LogP contribution >= 0.6 is 50.5 Å². The third kappa shape index (κ3) is 5.76. The maximum atomic E-state index is 14.2. The van der Waals surface area contributed by atoms with Gasteiger partial charge >= 0.3 is 5.97 Å². The predicted molar refractivity (Wildman–Crippen MR) is 178 cm³/mol. The second kappa shape index (κ2) is 13.0. The Morgan fingerprint density at radius 3 is 2.48 bits per heavy atom. The summed E-state index contributed by atoms with van der Waals surface area (Å²) in [6.07, 6.45) is 1.86. The van der Waals surface area contributed by atoms with Gasteiger partial charge in [-0.25, -0.2) is 9.79 Å². The lowest BCUT2D eigenvalue weighted by Crippen LogP contribution is -2.40. The van der Waals surface area contributed by atoms with E-state index in [0.29, 0.717) is 53.2 Å². The number of halogens is 3. The third-order valence-electron chi connectivity index (χ3n) is 7.31. The number of rotatable bonds is 8. The summed E-state index contributed by atoms with van der Waals surface area (Å²) < 4.78 is 21.5. The van der Waals surface area contributed by atoms with Gasteiger partial charge in [0.25, 0.3) is 5.56 Å². The first-order valence-electron chi connectivity index (χ1n) is 13.8. The van der Waals surface area contributed by atoms with Gasteiger partial charge in [0.05, 0.1) is 52.2 Å². The van der Waals surface area contributed by atoms with Gasteiger partial charge in [-0.2, -0.15) is 0 Å². The maximum absolute atomic E-state index is 14.2. The van der Waals surface area contributed by atoms with Crippen molar-refractivity contribution in [1.29, 1.82) is 0 Å². The van der Waals surface area contributed by atoms with E-state index in [-0.39, 0.29) is 17.7 Å². The van der Waals surface area contributed by atoms with Crippen LogP contribution in [0, 0.1) is 13.8 Å². The van der Waals surface area contributed by atoms with Crippen LogP contribution in [0.3, 0.4) is 0 Å². The highest BCUT2D eigenvalue weighted by atomic mass is 79.9. The molecule has 44 heavy (non-hydrogen) atoms. The molecule has 0 radical (unpaired) electrons. The Bertz CT molecular complexity index is 2010. The Morgan fingerprint density at radius 2 is 1.82 bits per heavy atom. The van der Waals surface area contributed by atoms with E-state index in [0.717, 1.165) is 22.6 Å². The van der Waals surface area contributed by atoms with E-state index in [1.165, 1.54) is 11.3 Å². The van der Waals surface area contributed by atoms with Gasteiger partial charge in [-0.05, 0) is 88.2 Å². The molecule has 5 rings (SSSR count). The fourth-order valence-corrected chi connectivity index (χ4v) is 7.24. The van der Waals surface area contributed by atoms with Crippen LogP contribution in [0.1, 0.15) is 49.3 Å². The number of methoxy groups -OCH3 is 1. The number of carbonyl (C=O) groups excluding carboxylic acids is 1. The van der Waals surface area contributed by atoms with Crippen LogP contribution in [-0.2, 0) is 9.53 Å². The average Bonchev–Trinajstić information content (AvgIpc) is 3.43. The van der Waals surface area contributed by atoms with Crippen molar-refractivity contribution in [3.8, 4) is 17.2 Å². The molecule has 2 aromatic carbocycles. The van der Waals surface area contributed by atoms with Crippen LogP contribution in [0.2, 0.25) is 10.0 Å². The minimum absolute atomic E-state index is 0.176. The Labute approximate surface area is 276 Å². The van der Waals surface area contributed by atoms with E-state index >= 15 is 0 Å². The Balaban J connectivity index is 1.72. The summed E-state index contributed by atoms with van der Waals surface area (Å²) >= 11 is 17.4. The van der Waals surface area contributed by atoms with Crippen molar-refractivity contribution in [3.05, 3.63) is 104 Å². The lowest BCUT2D eigenvalue weighted by molar-refractivity contribution is -0.139. The third-order valence-corrected chi connectivity index (χ3v) is 9.72. The number of hydrogen-bond donors (Lipinski definition) is 0. The summed E-state index contributed by atoms with van der Waals surface area (Å²) in [5.74, 6) is 0.464. The van der Waals surface area contributed by atoms with E-state index < -0.39 is 12.0 Å². The standard InChI is InChI=1S/C32H30BrCl2N3O5S/c1-7-42-26-15-22(33)21(14-25(26)41-6)29-28(31(40)43-8-2)17(4)36-32-38(29)30(39)27(44-32)12-19-11-16(3)37(18(19)5)20-9-10-23(34)24(35)13-20/h9-15,29H,7-8H2,1-6H3/b27-12+/t29-/m1/s1. The molecule has 0 amide bonds. The zero-order valence-electron chi connectivity index (χ0n) is 25.0. The molecule has 1 aliphatic rings. The van der Waals surface area contributed by atoms with Crippen molar-refractivity contribution >= 4 is 62.5 Å². The lowest BCUT2D eigenvalue weighted by Gasteiger charge is -2.26. The molecule has 2 aromatic heterocycles. The van der Waals surface area contributed by atoms with Crippen LogP contribution in [0.5, 0.6) is 11.5 Å². The molecule has 1 atom stereocenters. The zero-order chi connectivity index (χ0) is 31.9. The molecular formula is C32H30BrCl2N3O5S. The fraction of sp³-hybridized carbons (Fsp3) is 0.281. The highest BCUT2D eigenvalue weighted by molar-refractivity contribution is 9.10. The number of thiazole rings is 1. The van der Waals surface area contributed by atoms with Crippen LogP contribution in [0.15, 0.2) is 61.9 Å². The summed E-state index contributed by atoms with van der Waals surface area (Å²) in [7, 11) is 1.54. The van der Waals surface area contributed by atoms with Crippen molar-refractivity contribution in [3.63, 3.8) is 0 Å². The van der Waals surface area contributed by atoms with Gasteiger partial charge in [0.2, 0.25) is 0 Å². The minimum Gasteiger partial charge on any atom is -0.493 e. The van der Waals surface area contributed by atoms with E-state index in [1.54, 1.807) is 43.7 Å². The Kier molecular flexibility index (Phi) is 9.46. The van der Waals surface area contributed by atoms with Crippen molar-refractivity contribution < 1.29 is 19.0 Å². The van der Waals surface area contributed by atoms with Crippen LogP contribution in [0.4, 0.5) is 0 Å². The van der Waals surface area contributed by atoms with Gasteiger partial charge in [0.1, 0.15) is 0 Å². The van der Waals surface area contributed by atoms with E-state index in [2.05, 4.69) is 20.5 Å². The summed E-state index contributed by atoms with van der Waals surface area (Å²) in [5, 5.41) is 0.930. The quantitative estimate of drug-likeness (QED) is 0.190. The van der Waals surface area contributed by atoms with E-state index in [4.69, 9.17) is 42.4 Å². The molecule has 0 aliphatic carbocycles. The smallest absolute Gasteiger partial charge is 0.338 e. The predicted octanol–water partition coefficient (Wildman–Crippen LogP) is 6.68. The first kappa shape index (κ1) is 32.1. The molecule has 3 heterocycles. The van der Waals surface area contributed by atoms with Gasteiger partial charge in [-0.15, -0.1) is 0 Å². The van der Waals surface area contributed by atoms with Crippen LogP contribution in [0.25, 0.3) is 11.8 Å². The molecule has 4 aromatic rings. The monoisotopic (exact) mass is 717 g/mol. The number of hydrogen-bond acceptors (Lipinski definition) is 7. The number of aryl methyl sites for hydroxylation is 1. The highest BCUT2D eigenvalue weighted by Crippen LogP contribution is 2.41. The molecule has 0 bridgehead atoms. The summed E-state index contributed by atoms with van der Waals surface area (Å²) in [4.78, 5) is 32.7. The number of fused-ring (bicyclic) bond motifs is 1. The van der Waals surface area contributed by atoms with E-state index in [1.807, 2.05) is 45.0 Å². The van der Waals surface area contributed by atoms with Crippen molar-refractivity contribution in [2.24, 2.45) is 4.99 Å². The van der Waals surface area contributed by atoms with Crippen molar-refractivity contribution in [2.75, 3.05) is 20.3 Å². The second-order valence-corrected chi connectivity index (χ2v) is 12.7. The SMILES string of the molecule is CCOC(=O)C1=C(C)N=c2s/c(=C/c3cc(C)n(-c4ccc(Cl)c(Cl)c4)c3C)c(=O)n2[C@@H]1c1cc(OC)c(OCC)cc1Br. The zero-order valence-corrected chi connectivity index (χ0v) is 28.9. The number of benzene rings is 2. The van der Waals surface area contributed by atoms with Crippen molar-refractivity contribution in [1.82, 2.24) is 9.13 Å². The molecule has 1 aliphatic heterocycles. The molecule has 0 unspecified atom stereocenters. The maximum Gasteiger partial charge on any atom is 0.338 e.